The van der Waals surface area contributed by atoms with Gasteiger partial charge in [0.25, 0.3) is 0 Å². The molecule has 1 heterocycles. The zero-order valence-corrected chi connectivity index (χ0v) is 9.41. The lowest BCUT2D eigenvalue weighted by atomic mass is 10.1. The maximum atomic E-state index is 13.3. The molecule has 0 aliphatic rings. The number of aryl methyl sites for hydroxylation is 1. The summed E-state index contributed by atoms with van der Waals surface area (Å²) in [5, 5.41) is 9.46. The first-order valence-electron chi connectivity index (χ1n) is 4.98. The summed E-state index contributed by atoms with van der Waals surface area (Å²) in [7, 11) is 1.44. The normalized spacial score (nSPS) is 11.0. The summed E-state index contributed by atoms with van der Waals surface area (Å²) in [5.74, 6) is -1.81. The zero-order chi connectivity index (χ0) is 12.6. The highest BCUT2D eigenvalue weighted by atomic mass is 19.1. The van der Waals surface area contributed by atoms with Crippen LogP contribution in [-0.2, 0) is 11.3 Å². The molecular formula is C12H11FO4. The summed E-state index contributed by atoms with van der Waals surface area (Å²) in [6.07, 6.45) is 0. The van der Waals surface area contributed by atoms with Gasteiger partial charge in [-0.05, 0) is 24.6 Å². The van der Waals surface area contributed by atoms with E-state index in [1.165, 1.54) is 19.2 Å². The molecule has 0 aliphatic heterocycles. The third-order valence-corrected chi connectivity index (χ3v) is 2.53. The Morgan fingerprint density at radius 3 is 2.82 bits per heavy atom. The van der Waals surface area contributed by atoms with Crippen LogP contribution < -0.4 is 0 Å². The monoisotopic (exact) mass is 238 g/mol. The van der Waals surface area contributed by atoms with Crippen molar-refractivity contribution < 1.29 is 23.4 Å². The van der Waals surface area contributed by atoms with Crippen LogP contribution in [0.2, 0.25) is 0 Å². The summed E-state index contributed by atoms with van der Waals surface area (Å²) in [5.41, 5.74) is 1.30. The van der Waals surface area contributed by atoms with E-state index >= 15 is 0 Å². The average Bonchev–Trinajstić information content (AvgIpc) is 2.58. The van der Waals surface area contributed by atoms with Crippen LogP contribution in [0.5, 0.6) is 0 Å². The molecule has 1 aromatic carbocycles. The van der Waals surface area contributed by atoms with Crippen molar-refractivity contribution in [3.63, 3.8) is 0 Å². The first-order chi connectivity index (χ1) is 8.04. The molecule has 17 heavy (non-hydrogen) atoms. The van der Waals surface area contributed by atoms with Crippen LogP contribution in [0.3, 0.4) is 0 Å². The van der Waals surface area contributed by atoms with Crippen LogP contribution >= 0.6 is 0 Å². The quantitative estimate of drug-likeness (QED) is 0.893. The van der Waals surface area contributed by atoms with Gasteiger partial charge in [-0.3, -0.25) is 0 Å². The second-order valence-corrected chi connectivity index (χ2v) is 3.75. The molecule has 90 valence electrons. The third kappa shape index (κ3) is 1.89. The summed E-state index contributed by atoms with van der Waals surface area (Å²) in [6, 6.07) is 2.56. The third-order valence-electron chi connectivity index (χ3n) is 2.53. The Labute approximate surface area is 96.6 Å². The Kier molecular flexibility index (Phi) is 2.85. The first kappa shape index (κ1) is 11.6. The molecule has 0 bridgehead atoms. The van der Waals surface area contributed by atoms with Crippen molar-refractivity contribution in [3.05, 3.63) is 34.8 Å². The Morgan fingerprint density at radius 2 is 2.24 bits per heavy atom. The first-order valence-corrected chi connectivity index (χ1v) is 4.98. The number of carbonyl (C=O) groups is 1. The van der Waals surface area contributed by atoms with Crippen molar-refractivity contribution in [2.45, 2.75) is 13.5 Å². The molecule has 0 spiro atoms. The highest BCUT2D eigenvalue weighted by molar-refractivity contribution is 5.96. The summed E-state index contributed by atoms with van der Waals surface area (Å²) in [6.45, 7) is 1.73. The van der Waals surface area contributed by atoms with Gasteiger partial charge in [0, 0.05) is 18.1 Å². The van der Waals surface area contributed by atoms with E-state index in [4.69, 9.17) is 14.3 Å². The number of furan rings is 1. The molecule has 0 fully saturated rings. The molecule has 0 unspecified atom stereocenters. The lowest BCUT2D eigenvalue weighted by Gasteiger charge is -1.98. The maximum Gasteiger partial charge on any atom is 0.372 e. The SMILES string of the molecule is COCc1c(C(=O)O)oc2c(C)cc(F)cc12. The number of carboxylic acids is 1. The number of carboxylic acid groups (broad SMARTS) is 1. The zero-order valence-electron chi connectivity index (χ0n) is 9.41. The minimum absolute atomic E-state index is 0.0670. The standard InChI is InChI=1S/C12H11FO4/c1-6-3-7(13)4-8-9(5-16-2)11(12(14)15)17-10(6)8/h3-4H,5H2,1-2H3,(H,14,15). The number of halogens is 1. The average molecular weight is 238 g/mol. The molecule has 1 N–H and O–H groups in total. The van der Waals surface area contributed by atoms with Crippen molar-refractivity contribution >= 4 is 16.9 Å². The van der Waals surface area contributed by atoms with E-state index in [9.17, 15) is 9.18 Å². The predicted octanol–water partition coefficient (Wildman–Crippen LogP) is 2.72. The molecule has 0 saturated carbocycles. The van der Waals surface area contributed by atoms with Crippen LogP contribution in [-0.4, -0.2) is 18.2 Å². The van der Waals surface area contributed by atoms with Crippen molar-refractivity contribution in [2.75, 3.05) is 7.11 Å². The van der Waals surface area contributed by atoms with E-state index in [2.05, 4.69) is 0 Å². The number of fused-ring (bicyclic) bond motifs is 1. The van der Waals surface area contributed by atoms with Gasteiger partial charge in [-0.25, -0.2) is 9.18 Å². The van der Waals surface area contributed by atoms with Gasteiger partial charge in [0.2, 0.25) is 5.76 Å². The van der Waals surface area contributed by atoms with Crippen molar-refractivity contribution in [2.24, 2.45) is 0 Å². The van der Waals surface area contributed by atoms with Crippen molar-refractivity contribution in [3.8, 4) is 0 Å². The molecule has 1 aromatic heterocycles. The highest BCUT2D eigenvalue weighted by Crippen LogP contribution is 2.30. The summed E-state index contributed by atoms with van der Waals surface area (Å²) < 4.78 is 23.5. The van der Waals surface area contributed by atoms with Gasteiger partial charge < -0.3 is 14.3 Å². The largest absolute Gasteiger partial charge is 0.475 e. The number of hydrogen-bond donors (Lipinski definition) is 1. The molecule has 0 radical (unpaired) electrons. The number of hydrogen-bond acceptors (Lipinski definition) is 3. The number of aromatic carboxylic acids is 1. The molecule has 4 nitrogen and oxygen atoms in total. The second kappa shape index (κ2) is 4.18. The summed E-state index contributed by atoms with van der Waals surface area (Å²) in [4.78, 5) is 11.0. The Balaban J connectivity index is 2.79. The van der Waals surface area contributed by atoms with Gasteiger partial charge in [0.15, 0.2) is 0 Å². The van der Waals surface area contributed by atoms with E-state index < -0.39 is 11.8 Å². The van der Waals surface area contributed by atoms with Gasteiger partial charge in [0.1, 0.15) is 11.4 Å². The van der Waals surface area contributed by atoms with Gasteiger partial charge in [-0.15, -0.1) is 0 Å². The number of benzene rings is 1. The number of rotatable bonds is 3. The molecule has 0 aliphatic carbocycles. The van der Waals surface area contributed by atoms with Crippen molar-refractivity contribution in [1.29, 1.82) is 0 Å². The molecule has 2 rings (SSSR count). The fourth-order valence-electron chi connectivity index (χ4n) is 1.84. The molecule has 0 atom stereocenters. The number of methoxy groups -OCH3 is 1. The van der Waals surface area contributed by atoms with Crippen LogP contribution in [0.4, 0.5) is 4.39 Å². The summed E-state index contributed by atoms with van der Waals surface area (Å²) >= 11 is 0. The Bertz CT molecular complexity index is 586. The lowest BCUT2D eigenvalue weighted by Crippen LogP contribution is -1.99. The molecule has 5 heteroatoms. The van der Waals surface area contributed by atoms with Crippen LogP contribution in [0, 0.1) is 12.7 Å². The molecular weight excluding hydrogens is 227 g/mol. The van der Waals surface area contributed by atoms with E-state index in [1.807, 2.05) is 0 Å². The lowest BCUT2D eigenvalue weighted by molar-refractivity contribution is 0.0658. The fraction of sp³-hybridized carbons (Fsp3) is 0.250. The van der Waals surface area contributed by atoms with Gasteiger partial charge in [0.05, 0.1) is 6.61 Å². The fourth-order valence-corrected chi connectivity index (χ4v) is 1.84. The minimum atomic E-state index is -1.19. The van der Waals surface area contributed by atoms with E-state index in [1.54, 1.807) is 6.92 Å². The maximum absolute atomic E-state index is 13.3. The van der Waals surface area contributed by atoms with Crippen molar-refractivity contribution in [1.82, 2.24) is 0 Å². The highest BCUT2D eigenvalue weighted by Gasteiger charge is 2.21. The van der Waals surface area contributed by atoms with Crippen LogP contribution in [0.1, 0.15) is 21.7 Å². The molecule has 0 amide bonds. The topological polar surface area (TPSA) is 59.7 Å². The van der Waals surface area contributed by atoms with Gasteiger partial charge in [-0.2, -0.15) is 0 Å². The van der Waals surface area contributed by atoms with Crippen LogP contribution in [0.15, 0.2) is 16.5 Å². The van der Waals surface area contributed by atoms with Gasteiger partial charge >= 0.3 is 5.97 Å². The predicted molar refractivity (Wildman–Crippen MR) is 58.6 cm³/mol. The molecule has 2 aromatic rings. The van der Waals surface area contributed by atoms with Crippen LogP contribution in [0.25, 0.3) is 11.0 Å². The minimum Gasteiger partial charge on any atom is -0.475 e. The molecule has 0 saturated heterocycles. The number of ether oxygens (including phenoxy) is 1. The Morgan fingerprint density at radius 1 is 1.53 bits per heavy atom. The second-order valence-electron chi connectivity index (χ2n) is 3.75. The van der Waals surface area contributed by atoms with E-state index in [0.717, 1.165) is 0 Å². The van der Waals surface area contributed by atoms with Gasteiger partial charge in [-0.1, -0.05) is 0 Å². The van der Waals surface area contributed by atoms with E-state index in [0.29, 0.717) is 22.1 Å². The Hall–Kier alpha value is -1.88. The smallest absolute Gasteiger partial charge is 0.372 e. The van der Waals surface area contributed by atoms with E-state index in [-0.39, 0.29) is 12.4 Å².